The lowest BCUT2D eigenvalue weighted by Gasteiger charge is -2.26. The highest BCUT2D eigenvalue weighted by molar-refractivity contribution is 5.83. The Balaban J connectivity index is 4.38. The van der Waals surface area contributed by atoms with Crippen molar-refractivity contribution in [3.8, 4) is 0 Å². The van der Waals surface area contributed by atoms with Crippen molar-refractivity contribution < 1.29 is 27.5 Å². The summed E-state index contributed by atoms with van der Waals surface area (Å²) < 4.78 is 48.5. The van der Waals surface area contributed by atoms with Crippen LogP contribution in [-0.4, -0.2) is 35.5 Å². The number of rotatable bonds is 6. The van der Waals surface area contributed by atoms with Gasteiger partial charge in [0.15, 0.2) is 0 Å². The first-order valence-electron chi connectivity index (χ1n) is 4.86. The molecule has 0 spiro atoms. The van der Waals surface area contributed by atoms with E-state index in [4.69, 9.17) is 0 Å². The van der Waals surface area contributed by atoms with Crippen LogP contribution in [0.2, 0.25) is 0 Å². The van der Waals surface area contributed by atoms with Gasteiger partial charge in [-0.2, -0.15) is 8.78 Å². The van der Waals surface area contributed by atoms with Crippen molar-refractivity contribution in [1.82, 2.24) is 5.32 Å². The number of nitrogens with one attached hydrogen (secondary N) is 1. The second kappa shape index (κ2) is 5.47. The topological polar surface area (TPSA) is 49.3 Å². The highest BCUT2D eigenvalue weighted by Crippen LogP contribution is 2.23. The SMILES string of the molecule is CCC(O)(CC)CNC(=O)C(F)(F)C(F)F. The van der Waals surface area contributed by atoms with E-state index in [2.05, 4.69) is 0 Å². The summed E-state index contributed by atoms with van der Waals surface area (Å²) in [5, 5.41) is 11.3. The molecule has 1 amide bonds. The van der Waals surface area contributed by atoms with Crippen LogP contribution in [0.1, 0.15) is 26.7 Å². The first-order chi connectivity index (χ1) is 7.19. The van der Waals surface area contributed by atoms with E-state index < -0.39 is 30.4 Å². The minimum absolute atomic E-state index is 0.226. The van der Waals surface area contributed by atoms with Gasteiger partial charge in [0.05, 0.1) is 5.60 Å². The third kappa shape index (κ3) is 3.62. The molecule has 0 unspecified atom stereocenters. The fourth-order valence-electron chi connectivity index (χ4n) is 0.962. The molecule has 0 aliphatic rings. The predicted octanol–water partition coefficient (Wildman–Crippen LogP) is 1.55. The van der Waals surface area contributed by atoms with E-state index in [9.17, 15) is 27.5 Å². The Morgan fingerprint density at radius 3 is 2.06 bits per heavy atom. The van der Waals surface area contributed by atoms with Gasteiger partial charge in [0.25, 0.3) is 5.91 Å². The molecule has 0 rings (SSSR count). The fourth-order valence-corrected chi connectivity index (χ4v) is 0.962. The number of halogens is 4. The summed E-state index contributed by atoms with van der Waals surface area (Å²) in [5.41, 5.74) is -1.34. The van der Waals surface area contributed by atoms with Crippen LogP contribution < -0.4 is 5.32 Å². The zero-order valence-electron chi connectivity index (χ0n) is 9.07. The summed E-state index contributed by atoms with van der Waals surface area (Å²) in [4.78, 5) is 10.7. The van der Waals surface area contributed by atoms with Crippen LogP contribution >= 0.6 is 0 Å². The third-order valence-corrected chi connectivity index (χ3v) is 2.47. The Hall–Kier alpha value is -0.850. The van der Waals surface area contributed by atoms with E-state index in [1.165, 1.54) is 0 Å². The molecule has 96 valence electrons. The number of aliphatic hydroxyl groups is 1. The zero-order chi connectivity index (χ0) is 13.0. The van der Waals surface area contributed by atoms with Crippen molar-refractivity contribution in [1.29, 1.82) is 0 Å². The lowest BCUT2D eigenvalue weighted by atomic mass is 9.97. The minimum atomic E-state index is -4.72. The van der Waals surface area contributed by atoms with Crippen LogP contribution in [0.15, 0.2) is 0 Å². The van der Waals surface area contributed by atoms with Gasteiger partial charge in [-0.15, -0.1) is 0 Å². The van der Waals surface area contributed by atoms with Gasteiger partial charge in [-0.3, -0.25) is 4.79 Å². The molecule has 0 bridgehead atoms. The number of hydrogen-bond donors (Lipinski definition) is 2. The van der Waals surface area contributed by atoms with E-state index >= 15 is 0 Å². The maximum atomic E-state index is 12.5. The third-order valence-electron chi connectivity index (χ3n) is 2.47. The average molecular weight is 245 g/mol. The van der Waals surface area contributed by atoms with Gasteiger partial charge >= 0.3 is 12.3 Å². The monoisotopic (exact) mass is 245 g/mol. The predicted molar refractivity (Wildman–Crippen MR) is 49.5 cm³/mol. The van der Waals surface area contributed by atoms with E-state index in [1.54, 1.807) is 19.2 Å². The summed E-state index contributed by atoms with van der Waals surface area (Å²) in [6.07, 6.45) is -3.60. The zero-order valence-corrected chi connectivity index (χ0v) is 9.07. The molecule has 0 radical (unpaired) electrons. The largest absolute Gasteiger partial charge is 0.388 e. The number of hydrogen-bond acceptors (Lipinski definition) is 2. The van der Waals surface area contributed by atoms with Gasteiger partial charge in [0, 0.05) is 6.54 Å². The lowest BCUT2D eigenvalue weighted by Crippen LogP contribution is -2.50. The molecule has 7 heteroatoms. The van der Waals surface area contributed by atoms with Crippen LogP contribution in [0, 0.1) is 0 Å². The average Bonchev–Trinajstić information content (AvgIpc) is 2.25. The molecule has 3 nitrogen and oxygen atoms in total. The Bertz CT molecular complexity index is 242. The molecule has 0 aromatic carbocycles. The Kier molecular flexibility index (Phi) is 5.18. The first kappa shape index (κ1) is 15.2. The second-order valence-electron chi connectivity index (χ2n) is 3.54. The number of amides is 1. The maximum Gasteiger partial charge on any atom is 0.383 e. The summed E-state index contributed by atoms with van der Waals surface area (Å²) in [6, 6.07) is 0. The molecule has 0 saturated heterocycles. The standard InChI is InChI=1S/C9H15F4NO2/c1-3-8(16,4-2)5-14-7(15)9(12,13)6(10)11/h6,16H,3-5H2,1-2H3,(H,14,15). The van der Waals surface area contributed by atoms with Gasteiger partial charge in [-0.25, -0.2) is 8.78 Å². The molecule has 16 heavy (non-hydrogen) atoms. The minimum Gasteiger partial charge on any atom is -0.388 e. The van der Waals surface area contributed by atoms with Crippen LogP contribution in [0.3, 0.4) is 0 Å². The van der Waals surface area contributed by atoms with Crippen molar-refractivity contribution in [2.75, 3.05) is 6.54 Å². The van der Waals surface area contributed by atoms with E-state index in [0.29, 0.717) is 0 Å². The normalized spacial score (nSPS) is 13.0. The molecular weight excluding hydrogens is 230 g/mol. The van der Waals surface area contributed by atoms with Crippen molar-refractivity contribution in [3.05, 3.63) is 0 Å². The van der Waals surface area contributed by atoms with E-state index in [-0.39, 0.29) is 12.8 Å². The lowest BCUT2D eigenvalue weighted by molar-refractivity contribution is -0.170. The molecule has 0 saturated carbocycles. The van der Waals surface area contributed by atoms with Gasteiger partial charge in [-0.1, -0.05) is 13.8 Å². The number of carbonyl (C=O) groups excluding carboxylic acids is 1. The van der Waals surface area contributed by atoms with Crippen LogP contribution in [0.4, 0.5) is 17.6 Å². The summed E-state index contributed by atoms with van der Waals surface area (Å²) in [6.45, 7) is 2.73. The van der Waals surface area contributed by atoms with Crippen LogP contribution in [0.25, 0.3) is 0 Å². The summed E-state index contributed by atoms with van der Waals surface area (Å²) in [7, 11) is 0. The van der Waals surface area contributed by atoms with Crippen LogP contribution in [0.5, 0.6) is 0 Å². The molecular formula is C9H15F4NO2. The Morgan fingerprint density at radius 1 is 1.31 bits per heavy atom. The van der Waals surface area contributed by atoms with Gasteiger partial charge in [0.2, 0.25) is 0 Å². The quantitative estimate of drug-likeness (QED) is 0.697. The number of carbonyl (C=O) groups is 1. The van der Waals surface area contributed by atoms with Gasteiger partial charge in [-0.05, 0) is 12.8 Å². The van der Waals surface area contributed by atoms with Crippen molar-refractivity contribution in [2.45, 2.75) is 44.6 Å². The van der Waals surface area contributed by atoms with Crippen molar-refractivity contribution in [2.24, 2.45) is 0 Å². The molecule has 0 fully saturated rings. The molecule has 0 aromatic heterocycles. The highest BCUT2D eigenvalue weighted by Gasteiger charge is 2.49. The van der Waals surface area contributed by atoms with Crippen molar-refractivity contribution >= 4 is 5.91 Å². The first-order valence-corrected chi connectivity index (χ1v) is 4.86. The van der Waals surface area contributed by atoms with Crippen molar-refractivity contribution in [3.63, 3.8) is 0 Å². The molecule has 0 aliphatic heterocycles. The molecule has 0 aromatic rings. The maximum absolute atomic E-state index is 12.5. The van der Waals surface area contributed by atoms with E-state index in [0.717, 1.165) is 0 Å². The Morgan fingerprint density at radius 2 is 1.75 bits per heavy atom. The number of alkyl halides is 4. The second-order valence-corrected chi connectivity index (χ2v) is 3.54. The Labute approximate surface area is 90.8 Å². The molecule has 2 N–H and O–H groups in total. The van der Waals surface area contributed by atoms with Gasteiger partial charge < -0.3 is 10.4 Å². The molecule has 0 heterocycles. The highest BCUT2D eigenvalue weighted by atomic mass is 19.3. The summed E-state index contributed by atoms with van der Waals surface area (Å²) >= 11 is 0. The van der Waals surface area contributed by atoms with Crippen LogP contribution in [-0.2, 0) is 4.79 Å². The summed E-state index contributed by atoms with van der Waals surface area (Å²) in [5.74, 6) is -6.79. The van der Waals surface area contributed by atoms with Gasteiger partial charge in [0.1, 0.15) is 0 Å². The smallest absolute Gasteiger partial charge is 0.383 e. The molecule has 0 aliphatic carbocycles. The molecule has 0 atom stereocenters. The van der Waals surface area contributed by atoms with E-state index in [1.807, 2.05) is 0 Å². The fraction of sp³-hybridized carbons (Fsp3) is 0.889.